The molecule has 0 amide bonds. The number of nitrogen functional groups attached to an aromatic ring is 1. The molecular formula is C19H17Cl3N4O2S. The van der Waals surface area contributed by atoms with Crippen LogP contribution in [0.15, 0.2) is 47.4 Å². The molecule has 0 aliphatic heterocycles. The lowest BCUT2D eigenvalue weighted by Crippen LogP contribution is -2.11. The van der Waals surface area contributed by atoms with Gasteiger partial charge in [-0.3, -0.25) is 0 Å². The van der Waals surface area contributed by atoms with E-state index in [2.05, 4.69) is 9.97 Å². The Bertz CT molecular complexity index is 1150. The van der Waals surface area contributed by atoms with Crippen LogP contribution < -0.4 is 10.9 Å². The summed E-state index contributed by atoms with van der Waals surface area (Å²) in [5, 5.41) is 6.22. The van der Waals surface area contributed by atoms with Crippen molar-refractivity contribution in [3.05, 3.63) is 68.8 Å². The molecule has 0 bridgehead atoms. The molecule has 0 atom stereocenters. The van der Waals surface area contributed by atoms with Gasteiger partial charge >= 0.3 is 0 Å². The predicted octanol–water partition coefficient (Wildman–Crippen LogP) is 4.51. The number of anilines is 1. The first-order chi connectivity index (χ1) is 13.6. The Kier molecular flexibility index (Phi) is 6.65. The van der Waals surface area contributed by atoms with Crippen molar-refractivity contribution in [2.24, 2.45) is 5.14 Å². The Morgan fingerprint density at radius 1 is 0.931 bits per heavy atom. The van der Waals surface area contributed by atoms with Crippen molar-refractivity contribution in [2.45, 2.75) is 24.2 Å². The van der Waals surface area contributed by atoms with Crippen LogP contribution in [0.4, 0.5) is 5.95 Å². The van der Waals surface area contributed by atoms with Crippen LogP contribution in [0.1, 0.15) is 17.7 Å². The molecule has 29 heavy (non-hydrogen) atoms. The van der Waals surface area contributed by atoms with E-state index in [0.717, 1.165) is 24.1 Å². The number of aryl methyl sites for hydroxylation is 2. The largest absolute Gasteiger partial charge is 0.368 e. The van der Waals surface area contributed by atoms with Crippen LogP contribution in [0.25, 0.3) is 11.3 Å². The van der Waals surface area contributed by atoms with Crippen LogP contribution in [0.3, 0.4) is 0 Å². The van der Waals surface area contributed by atoms with Crippen molar-refractivity contribution >= 4 is 50.8 Å². The van der Waals surface area contributed by atoms with Gasteiger partial charge in [-0.25, -0.2) is 23.5 Å². The lowest BCUT2D eigenvalue weighted by molar-refractivity contribution is 0.597. The number of nitrogens with two attached hydrogens (primary N) is 2. The van der Waals surface area contributed by atoms with Crippen LogP contribution >= 0.6 is 34.8 Å². The quantitative estimate of drug-likeness (QED) is 0.514. The number of sulfonamides is 1. The van der Waals surface area contributed by atoms with Crippen LogP contribution in [-0.4, -0.2) is 18.4 Å². The average molecular weight is 472 g/mol. The topological polar surface area (TPSA) is 112 Å². The minimum absolute atomic E-state index is 0.0894. The number of hydrogen-bond donors (Lipinski definition) is 2. The van der Waals surface area contributed by atoms with Gasteiger partial charge < -0.3 is 5.73 Å². The first-order valence-electron chi connectivity index (χ1n) is 8.53. The molecule has 152 valence electrons. The molecule has 3 aromatic rings. The molecule has 0 aliphatic carbocycles. The second-order valence-corrected chi connectivity index (χ2v) is 9.18. The Morgan fingerprint density at radius 2 is 1.62 bits per heavy atom. The van der Waals surface area contributed by atoms with E-state index in [1.165, 1.54) is 12.1 Å². The van der Waals surface area contributed by atoms with Gasteiger partial charge in [0.05, 0.1) is 20.6 Å². The monoisotopic (exact) mass is 470 g/mol. The zero-order valence-electron chi connectivity index (χ0n) is 15.1. The van der Waals surface area contributed by atoms with Crippen molar-refractivity contribution in [1.82, 2.24) is 9.97 Å². The van der Waals surface area contributed by atoms with Gasteiger partial charge in [-0.1, -0.05) is 46.9 Å². The van der Waals surface area contributed by atoms with Crippen LogP contribution in [0, 0.1) is 0 Å². The van der Waals surface area contributed by atoms with E-state index in [0.29, 0.717) is 32.7 Å². The van der Waals surface area contributed by atoms with Gasteiger partial charge in [-0.15, -0.1) is 0 Å². The molecule has 4 N–H and O–H groups in total. The van der Waals surface area contributed by atoms with Gasteiger partial charge in [-0.05, 0) is 55.2 Å². The summed E-state index contributed by atoms with van der Waals surface area (Å²) in [6, 6.07) is 11.5. The molecule has 1 aromatic heterocycles. The summed E-state index contributed by atoms with van der Waals surface area (Å²) in [5.74, 6) is 0.127. The Morgan fingerprint density at radius 3 is 2.28 bits per heavy atom. The Labute approximate surface area is 183 Å². The van der Waals surface area contributed by atoms with E-state index >= 15 is 0 Å². The lowest BCUT2D eigenvalue weighted by atomic mass is 10.1. The second kappa shape index (κ2) is 8.85. The fourth-order valence-corrected chi connectivity index (χ4v) is 4.06. The Hall–Kier alpha value is -1.90. The molecule has 0 spiro atoms. The number of primary sulfonamides is 1. The molecule has 0 saturated heterocycles. The standard InChI is InChI=1S/C19H17Cl3N4O2S/c20-12-8-15(18(22)16(21)9-12)17-10-13(25-19(23)26-17)3-1-2-11-4-6-14(7-5-11)29(24,27)28/h4-10H,1-3H2,(H2,23,25,26)(H2,24,27,28). The molecule has 2 aromatic carbocycles. The van der Waals surface area contributed by atoms with Gasteiger partial charge in [0.1, 0.15) is 0 Å². The minimum atomic E-state index is -3.69. The highest BCUT2D eigenvalue weighted by Gasteiger charge is 2.13. The van der Waals surface area contributed by atoms with Crippen molar-refractivity contribution in [2.75, 3.05) is 5.73 Å². The predicted molar refractivity (Wildman–Crippen MR) is 117 cm³/mol. The van der Waals surface area contributed by atoms with Gasteiger partial charge in [0, 0.05) is 16.3 Å². The summed E-state index contributed by atoms with van der Waals surface area (Å²) in [6.07, 6.45) is 2.14. The molecule has 0 fully saturated rings. The highest BCUT2D eigenvalue weighted by Crippen LogP contribution is 2.36. The van der Waals surface area contributed by atoms with Crippen LogP contribution in [0.5, 0.6) is 0 Å². The molecule has 1 heterocycles. The zero-order valence-corrected chi connectivity index (χ0v) is 18.2. The number of hydrogen-bond acceptors (Lipinski definition) is 5. The van der Waals surface area contributed by atoms with Crippen molar-refractivity contribution in [3.8, 4) is 11.3 Å². The normalized spacial score (nSPS) is 11.6. The van der Waals surface area contributed by atoms with Crippen molar-refractivity contribution in [3.63, 3.8) is 0 Å². The summed E-state index contributed by atoms with van der Waals surface area (Å²) in [7, 11) is -3.69. The summed E-state index contributed by atoms with van der Waals surface area (Å²) in [6.45, 7) is 0. The van der Waals surface area contributed by atoms with Crippen molar-refractivity contribution in [1.29, 1.82) is 0 Å². The smallest absolute Gasteiger partial charge is 0.238 e. The molecule has 0 unspecified atom stereocenters. The lowest BCUT2D eigenvalue weighted by Gasteiger charge is -2.09. The molecule has 3 rings (SSSR count). The highest BCUT2D eigenvalue weighted by atomic mass is 35.5. The SMILES string of the molecule is Nc1nc(CCCc2ccc(S(N)(=O)=O)cc2)cc(-c2cc(Cl)cc(Cl)c2Cl)n1. The molecule has 10 heteroatoms. The van der Waals surface area contributed by atoms with Gasteiger partial charge in [0.25, 0.3) is 0 Å². The van der Waals surface area contributed by atoms with Gasteiger partial charge in [0.15, 0.2) is 0 Å². The van der Waals surface area contributed by atoms with Crippen LogP contribution in [0.2, 0.25) is 15.1 Å². The van der Waals surface area contributed by atoms with Gasteiger partial charge in [-0.2, -0.15) is 0 Å². The zero-order chi connectivity index (χ0) is 21.2. The van der Waals surface area contributed by atoms with Gasteiger partial charge in [0.2, 0.25) is 16.0 Å². The molecule has 0 radical (unpaired) electrons. The van der Waals surface area contributed by atoms with Crippen molar-refractivity contribution < 1.29 is 8.42 Å². The highest BCUT2D eigenvalue weighted by molar-refractivity contribution is 7.89. The number of aromatic nitrogens is 2. The van der Waals surface area contributed by atoms with E-state index in [1.54, 1.807) is 30.3 Å². The summed E-state index contributed by atoms with van der Waals surface area (Å²) < 4.78 is 22.6. The van der Waals surface area contributed by atoms with E-state index in [1.807, 2.05) is 0 Å². The maximum absolute atomic E-state index is 11.3. The summed E-state index contributed by atoms with van der Waals surface area (Å²) >= 11 is 18.5. The van der Waals surface area contributed by atoms with Crippen LogP contribution in [-0.2, 0) is 22.9 Å². The van der Waals surface area contributed by atoms with E-state index < -0.39 is 10.0 Å². The molecule has 0 saturated carbocycles. The number of rotatable bonds is 6. The molecule has 0 aliphatic rings. The summed E-state index contributed by atoms with van der Waals surface area (Å²) in [4.78, 5) is 8.60. The maximum Gasteiger partial charge on any atom is 0.238 e. The third-order valence-corrected chi connectivity index (χ3v) is 6.17. The van der Waals surface area contributed by atoms with E-state index in [4.69, 9.17) is 45.7 Å². The Balaban J connectivity index is 1.74. The number of nitrogens with zero attached hydrogens (tertiary/aromatic N) is 2. The second-order valence-electron chi connectivity index (χ2n) is 6.39. The average Bonchev–Trinajstić information content (AvgIpc) is 2.64. The third-order valence-electron chi connectivity index (χ3n) is 4.22. The summed E-state index contributed by atoms with van der Waals surface area (Å²) in [5.41, 5.74) is 8.73. The number of halogens is 3. The molecular weight excluding hydrogens is 455 g/mol. The first kappa shape index (κ1) is 21.8. The minimum Gasteiger partial charge on any atom is -0.368 e. The maximum atomic E-state index is 11.3. The fourth-order valence-electron chi connectivity index (χ4n) is 2.85. The first-order valence-corrected chi connectivity index (χ1v) is 11.2. The molecule has 6 nitrogen and oxygen atoms in total. The third kappa shape index (κ3) is 5.58. The van der Waals surface area contributed by atoms with E-state index in [-0.39, 0.29) is 10.8 Å². The number of benzene rings is 2. The van der Waals surface area contributed by atoms with E-state index in [9.17, 15) is 8.42 Å². The fraction of sp³-hybridized carbons (Fsp3) is 0.158.